The predicted octanol–water partition coefficient (Wildman–Crippen LogP) is 1.25. The monoisotopic (exact) mass is 365 g/mol. The Kier molecular flexibility index (Phi) is 4.27. The maximum atomic E-state index is 12.4. The molecule has 4 N–H and O–H groups in total. The second-order valence-electron chi connectivity index (χ2n) is 5.88. The van der Waals surface area contributed by atoms with Crippen LogP contribution in [0.4, 0.5) is 5.69 Å². The molecule has 9 heteroatoms. The van der Waals surface area contributed by atoms with Crippen LogP contribution in [-0.2, 0) is 6.54 Å². The number of ether oxygens (including phenoxy) is 1. The molecule has 1 amide bonds. The van der Waals surface area contributed by atoms with E-state index in [1.807, 2.05) is 5.48 Å². The van der Waals surface area contributed by atoms with Gasteiger partial charge in [0.05, 0.1) is 10.9 Å². The molecule has 1 aliphatic rings. The summed E-state index contributed by atoms with van der Waals surface area (Å²) in [5.74, 6) is 0.337. The zero-order valence-electron chi connectivity index (χ0n) is 14.0. The van der Waals surface area contributed by atoms with Crippen molar-refractivity contribution in [1.29, 1.82) is 0 Å². The van der Waals surface area contributed by atoms with Gasteiger partial charge in [-0.15, -0.1) is 0 Å². The first-order valence-corrected chi connectivity index (χ1v) is 8.15. The summed E-state index contributed by atoms with van der Waals surface area (Å²) in [6.45, 7) is 0.362. The number of amides is 1. The average molecular weight is 365 g/mol. The molecule has 0 radical (unpaired) electrons. The van der Waals surface area contributed by atoms with Gasteiger partial charge in [0.25, 0.3) is 11.5 Å². The minimum Gasteiger partial charge on any atom is -0.483 e. The van der Waals surface area contributed by atoms with Gasteiger partial charge in [-0.25, -0.2) is 9.98 Å². The summed E-state index contributed by atoms with van der Waals surface area (Å²) < 4.78 is 5.44. The van der Waals surface area contributed by atoms with Crippen LogP contribution < -0.4 is 21.1 Å². The van der Waals surface area contributed by atoms with Crippen LogP contribution in [0.15, 0.2) is 52.3 Å². The molecular formula is C18H15N5O4. The number of aromatic amines is 1. The van der Waals surface area contributed by atoms with Gasteiger partial charge in [-0.1, -0.05) is 18.2 Å². The first kappa shape index (κ1) is 16.7. The Bertz CT molecular complexity index is 1120. The SMILES string of the molecule is O=C(NCc1ccc2c(c1)N=C(NO)CO2)c1nc2ccccc2c(=O)[nH]1. The van der Waals surface area contributed by atoms with Crippen molar-refractivity contribution in [3.8, 4) is 5.75 Å². The van der Waals surface area contributed by atoms with Gasteiger partial charge in [-0.05, 0) is 29.8 Å². The van der Waals surface area contributed by atoms with Crippen molar-refractivity contribution in [3.05, 3.63) is 64.2 Å². The zero-order chi connectivity index (χ0) is 18.8. The van der Waals surface area contributed by atoms with Gasteiger partial charge in [0, 0.05) is 6.54 Å². The molecule has 0 atom stereocenters. The fourth-order valence-corrected chi connectivity index (χ4v) is 2.72. The van der Waals surface area contributed by atoms with Crippen LogP contribution in [0.3, 0.4) is 0 Å². The van der Waals surface area contributed by atoms with Crippen molar-refractivity contribution >= 4 is 28.3 Å². The molecule has 0 spiro atoms. The van der Waals surface area contributed by atoms with Gasteiger partial charge < -0.3 is 15.0 Å². The number of fused-ring (bicyclic) bond motifs is 2. The molecule has 2 heterocycles. The molecule has 4 rings (SSSR count). The van der Waals surface area contributed by atoms with Gasteiger partial charge in [-0.3, -0.25) is 20.3 Å². The summed E-state index contributed by atoms with van der Waals surface area (Å²) in [4.78, 5) is 35.3. The van der Waals surface area contributed by atoms with E-state index in [4.69, 9.17) is 9.94 Å². The number of nitrogens with one attached hydrogen (secondary N) is 3. The van der Waals surface area contributed by atoms with Crippen molar-refractivity contribution in [1.82, 2.24) is 20.8 Å². The van der Waals surface area contributed by atoms with Gasteiger partial charge in [0.15, 0.2) is 11.7 Å². The number of rotatable bonds is 3. The number of carbonyl (C=O) groups excluding carboxylic acids is 1. The highest BCUT2D eigenvalue weighted by Gasteiger charge is 2.14. The maximum absolute atomic E-state index is 12.4. The number of aromatic nitrogens is 2. The number of para-hydroxylation sites is 1. The molecule has 0 saturated heterocycles. The van der Waals surface area contributed by atoms with Crippen LogP contribution in [-0.4, -0.2) is 33.5 Å². The summed E-state index contributed by atoms with van der Waals surface area (Å²) in [5, 5.41) is 12.1. The molecule has 27 heavy (non-hydrogen) atoms. The molecule has 0 aliphatic carbocycles. The van der Waals surface area contributed by atoms with Crippen LogP contribution in [0.2, 0.25) is 0 Å². The molecule has 0 bridgehead atoms. The summed E-state index contributed by atoms with van der Waals surface area (Å²) >= 11 is 0. The number of nitrogens with zero attached hydrogens (tertiary/aromatic N) is 2. The Morgan fingerprint density at radius 2 is 2.11 bits per heavy atom. The van der Waals surface area contributed by atoms with E-state index in [0.29, 0.717) is 28.2 Å². The van der Waals surface area contributed by atoms with E-state index in [1.165, 1.54) is 0 Å². The lowest BCUT2D eigenvalue weighted by Gasteiger charge is -2.16. The van der Waals surface area contributed by atoms with E-state index in [9.17, 15) is 9.59 Å². The Hall–Kier alpha value is -3.72. The van der Waals surface area contributed by atoms with Crippen LogP contribution in [0.5, 0.6) is 5.75 Å². The highest BCUT2D eigenvalue weighted by Crippen LogP contribution is 2.31. The standard InChI is InChI=1S/C18H15N5O4/c24-17-11-3-1-2-4-12(11)21-16(22-17)18(25)19-8-10-5-6-14-13(7-10)20-15(23-26)9-27-14/h1-7,26H,8-9H2,(H,19,25)(H,20,23)(H,21,22,24). The smallest absolute Gasteiger partial charge is 0.287 e. The van der Waals surface area contributed by atoms with Gasteiger partial charge in [0.2, 0.25) is 0 Å². The molecule has 136 valence electrons. The lowest BCUT2D eigenvalue weighted by Crippen LogP contribution is -2.28. The number of carbonyl (C=O) groups is 1. The third kappa shape index (κ3) is 3.35. The Morgan fingerprint density at radius 1 is 1.26 bits per heavy atom. The van der Waals surface area contributed by atoms with Gasteiger partial charge in [-0.2, -0.15) is 0 Å². The van der Waals surface area contributed by atoms with E-state index in [-0.39, 0.29) is 24.5 Å². The van der Waals surface area contributed by atoms with Crippen molar-refractivity contribution < 1.29 is 14.7 Å². The third-order valence-corrected chi connectivity index (χ3v) is 4.05. The van der Waals surface area contributed by atoms with Crippen molar-refractivity contribution in [2.24, 2.45) is 4.99 Å². The highest BCUT2D eigenvalue weighted by atomic mass is 16.5. The largest absolute Gasteiger partial charge is 0.483 e. The van der Waals surface area contributed by atoms with E-state index >= 15 is 0 Å². The first-order valence-electron chi connectivity index (χ1n) is 8.15. The quantitative estimate of drug-likeness (QED) is 0.517. The summed E-state index contributed by atoms with van der Waals surface area (Å²) in [5.41, 5.74) is 3.38. The molecule has 1 aromatic heterocycles. The van der Waals surface area contributed by atoms with Crippen molar-refractivity contribution in [3.63, 3.8) is 0 Å². The van der Waals surface area contributed by atoms with Crippen molar-refractivity contribution in [2.75, 3.05) is 6.61 Å². The third-order valence-electron chi connectivity index (χ3n) is 4.05. The summed E-state index contributed by atoms with van der Waals surface area (Å²) in [7, 11) is 0. The number of amidine groups is 1. The van der Waals surface area contributed by atoms with Crippen LogP contribution >= 0.6 is 0 Å². The molecule has 0 fully saturated rings. The predicted molar refractivity (Wildman–Crippen MR) is 97.5 cm³/mol. The van der Waals surface area contributed by atoms with E-state index in [0.717, 1.165) is 5.56 Å². The minimum absolute atomic E-state index is 0.0511. The number of hydroxylamine groups is 1. The lowest BCUT2D eigenvalue weighted by molar-refractivity contribution is 0.0940. The summed E-state index contributed by atoms with van der Waals surface area (Å²) in [6.07, 6.45) is 0. The molecule has 3 aromatic rings. The Balaban J connectivity index is 1.52. The zero-order valence-corrected chi connectivity index (χ0v) is 14.0. The molecule has 1 aliphatic heterocycles. The Labute approximate surface area is 152 Å². The first-order chi connectivity index (χ1) is 13.1. The second kappa shape index (κ2) is 6.89. The van der Waals surface area contributed by atoms with E-state index in [1.54, 1.807) is 42.5 Å². The number of hydrogen-bond acceptors (Lipinski definition) is 7. The minimum atomic E-state index is -0.493. The topological polar surface area (TPSA) is 129 Å². The van der Waals surface area contributed by atoms with Crippen molar-refractivity contribution in [2.45, 2.75) is 6.54 Å². The summed E-state index contributed by atoms with van der Waals surface area (Å²) in [6, 6.07) is 12.1. The fourth-order valence-electron chi connectivity index (χ4n) is 2.72. The molecule has 2 aromatic carbocycles. The number of H-pyrrole nitrogens is 1. The maximum Gasteiger partial charge on any atom is 0.287 e. The van der Waals surface area contributed by atoms with Crippen LogP contribution in [0.25, 0.3) is 10.9 Å². The van der Waals surface area contributed by atoms with Gasteiger partial charge >= 0.3 is 0 Å². The number of aliphatic imine (C=N–C) groups is 1. The van der Waals surface area contributed by atoms with Crippen LogP contribution in [0, 0.1) is 0 Å². The Morgan fingerprint density at radius 3 is 2.96 bits per heavy atom. The molecule has 0 unspecified atom stereocenters. The molecular weight excluding hydrogens is 350 g/mol. The normalized spacial score (nSPS) is 12.7. The number of benzene rings is 2. The van der Waals surface area contributed by atoms with E-state index in [2.05, 4.69) is 20.3 Å². The average Bonchev–Trinajstić information content (AvgIpc) is 2.71. The molecule has 0 saturated carbocycles. The van der Waals surface area contributed by atoms with Crippen LogP contribution in [0.1, 0.15) is 16.2 Å². The lowest BCUT2D eigenvalue weighted by atomic mass is 10.1. The van der Waals surface area contributed by atoms with Gasteiger partial charge in [0.1, 0.15) is 18.0 Å². The second-order valence-corrected chi connectivity index (χ2v) is 5.88. The number of hydrogen-bond donors (Lipinski definition) is 4. The van der Waals surface area contributed by atoms with E-state index < -0.39 is 5.91 Å². The molecule has 9 nitrogen and oxygen atoms in total. The fraction of sp³-hybridized carbons (Fsp3) is 0.111. The highest BCUT2D eigenvalue weighted by molar-refractivity contribution is 5.92.